The molecule has 0 saturated heterocycles. The van der Waals surface area contributed by atoms with Gasteiger partial charge in [-0.1, -0.05) is 0 Å². The number of nitrogens with one attached hydrogen (secondary N) is 1. The second-order valence-corrected chi connectivity index (χ2v) is 5.58. The molecular formula is C11H12BrN3OS. The number of halogens is 1. The minimum absolute atomic E-state index is 0.0916. The molecule has 0 unspecified atom stereocenters. The highest BCUT2D eigenvalue weighted by Gasteiger charge is 2.11. The first-order chi connectivity index (χ1) is 8.06. The average molecular weight is 314 g/mol. The molecule has 0 aliphatic rings. The van der Waals surface area contributed by atoms with Crippen molar-refractivity contribution in [1.82, 2.24) is 14.9 Å². The minimum Gasteiger partial charge on any atom is -0.345 e. The monoisotopic (exact) mass is 313 g/mol. The van der Waals surface area contributed by atoms with Crippen molar-refractivity contribution in [3.05, 3.63) is 38.5 Å². The van der Waals surface area contributed by atoms with Crippen LogP contribution in [0.2, 0.25) is 0 Å². The Morgan fingerprint density at radius 2 is 2.41 bits per heavy atom. The molecule has 4 nitrogen and oxygen atoms in total. The van der Waals surface area contributed by atoms with Crippen molar-refractivity contribution in [2.45, 2.75) is 13.5 Å². The standard InChI is InChI=1S/C11H12BrN3OS/c1-7-6-17-10(14-7)4-13-11(16)9-3-8(12)5-15(9)2/h3,5-6H,4H2,1-2H3,(H,13,16). The zero-order valence-corrected chi connectivity index (χ0v) is 11.9. The number of aromatic nitrogens is 2. The molecule has 2 aromatic rings. The number of aryl methyl sites for hydroxylation is 2. The normalized spacial score (nSPS) is 10.5. The van der Waals surface area contributed by atoms with Gasteiger partial charge < -0.3 is 9.88 Å². The highest BCUT2D eigenvalue weighted by Crippen LogP contribution is 2.14. The van der Waals surface area contributed by atoms with Gasteiger partial charge in [0.05, 0.1) is 6.54 Å². The van der Waals surface area contributed by atoms with Gasteiger partial charge >= 0.3 is 0 Å². The van der Waals surface area contributed by atoms with Gasteiger partial charge in [-0.05, 0) is 28.9 Å². The van der Waals surface area contributed by atoms with Crippen LogP contribution in [0.4, 0.5) is 0 Å². The van der Waals surface area contributed by atoms with Crippen LogP contribution >= 0.6 is 27.3 Å². The van der Waals surface area contributed by atoms with Gasteiger partial charge in [0.1, 0.15) is 10.7 Å². The Bertz CT molecular complexity index is 547. The summed E-state index contributed by atoms with van der Waals surface area (Å²) in [7, 11) is 1.84. The fourth-order valence-corrected chi connectivity index (χ4v) is 2.72. The van der Waals surface area contributed by atoms with E-state index in [1.165, 1.54) is 0 Å². The van der Waals surface area contributed by atoms with Gasteiger partial charge in [-0.15, -0.1) is 11.3 Å². The molecule has 2 heterocycles. The lowest BCUT2D eigenvalue weighted by Gasteiger charge is -2.03. The Balaban J connectivity index is 2.00. The summed E-state index contributed by atoms with van der Waals surface area (Å²) in [6.07, 6.45) is 1.85. The van der Waals surface area contributed by atoms with E-state index >= 15 is 0 Å². The van der Waals surface area contributed by atoms with Crippen LogP contribution in [-0.4, -0.2) is 15.5 Å². The zero-order valence-electron chi connectivity index (χ0n) is 9.53. The van der Waals surface area contributed by atoms with Crippen molar-refractivity contribution in [3.8, 4) is 0 Å². The molecule has 0 atom stereocenters. The molecule has 0 spiro atoms. The first kappa shape index (κ1) is 12.3. The molecule has 0 bridgehead atoms. The highest BCUT2D eigenvalue weighted by atomic mass is 79.9. The van der Waals surface area contributed by atoms with Crippen LogP contribution in [0.15, 0.2) is 22.1 Å². The Morgan fingerprint density at radius 1 is 1.65 bits per heavy atom. The third kappa shape index (κ3) is 2.95. The van der Waals surface area contributed by atoms with E-state index in [4.69, 9.17) is 0 Å². The fourth-order valence-electron chi connectivity index (χ4n) is 1.48. The molecule has 1 N–H and O–H groups in total. The molecule has 17 heavy (non-hydrogen) atoms. The predicted molar refractivity (Wildman–Crippen MR) is 71.1 cm³/mol. The number of hydrogen-bond acceptors (Lipinski definition) is 3. The summed E-state index contributed by atoms with van der Waals surface area (Å²) in [5.74, 6) is -0.0916. The van der Waals surface area contributed by atoms with Crippen molar-refractivity contribution in [2.75, 3.05) is 0 Å². The Kier molecular flexibility index (Phi) is 3.63. The lowest BCUT2D eigenvalue weighted by molar-refractivity contribution is 0.0942. The van der Waals surface area contributed by atoms with E-state index in [2.05, 4.69) is 26.2 Å². The predicted octanol–water partition coefficient (Wildman–Crippen LogP) is 2.48. The van der Waals surface area contributed by atoms with E-state index in [0.29, 0.717) is 12.2 Å². The molecule has 0 saturated carbocycles. The number of carbonyl (C=O) groups excluding carboxylic acids is 1. The average Bonchev–Trinajstić information content (AvgIpc) is 2.81. The van der Waals surface area contributed by atoms with Gasteiger partial charge in [0.2, 0.25) is 0 Å². The van der Waals surface area contributed by atoms with Crippen LogP contribution in [0.25, 0.3) is 0 Å². The molecule has 2 rings (SSSR count). The van der Waals surface area contributed by atoms with E-state index in [1.54, 1.807) is 22.0 Å². The molecule has 0 aromatic carbocycles. The van der Waals surface area contributed by atoms with Crippen LogP contribution in [0.3, 0.4) is 0 Å². The minimum atomic E-state index is -0.0916. The molecule has 90 valence electrons. The van der Waals surface area contributed by atoms with Crippen molar-refractivity contribution >= 4 is 33.2 Å². The largest absolute Gasteiger partial charge is 0.345 e. The summed E-state index contributed by atoms with van der Waals surface area (Å²) < 4.78 is 2.68. The first-order valence-corrected chi connectivity index (χ1v) is 6.74. The fraction of sp³-hybridized carbons (Fsp3) is 0.273. The number of hydrogen-bond donors (Lipinski definition) is 1. The van der Waals surface area contributed by atoms with Crippen molar-refractivity contribution in [3.63, 3.8) is 0 Å². The van der Waals surface area contributed by atoms with E-state index in [0.717, 1.165) is 15.2 Å². The molecule has 6 heteroatoms. The van der Waals surface area contributed by atoms with Crippen LogP contribution in [0, 0.1) is 6.92 Å². The van der Waals surface area contributed by atoms with Crippen LogP contribution < -0.4 is 5.32 Å². The summed E-state index contributed by atoms with van der Waals surface area (Å²) in [5, 5.41) is 5.74. The van der Waals surface area contributed by atoms with Crippen molar-refractivity contribution in [1.29, 1.82) is 0 Å². The number of thiazole rings is 1. The van der Waals surface area contributed by atoms with Crippen molar-refractivity contribution < 1.29 is 4.79 Å². The third-order valence-electron chi connectivity index (χ3n) is 2.27. The Hall–Kier alpha value is -1.14. The lowest BCUT2D eigenvalue weighted by atomic mass is 10.4. The molecule has 0 radical (unpaired) electrons. The maximum absolute atomic E-state index is 11.9. The number of rotatable bonds is 3. The third-order valence-corrected chi connectivity index (χ3v) is 3.67. The van der Waals surface area contributed by atoms with Gasteiger partial charge in [0.15, 0.2) is 0 Å². The van der Waals surface area contributed by atoms with E-state index in [-0.39, 0.29) is 5.91 Å². The highest BCUT2D eigenvalue weighted by molar-refractivity contribution is 9.10. The summed E-state index contributed by atoms with van der Waals surface area (Å²) in [4.78, 5) is 16.2. The smallest absolute Gasteiger partial charge is 0.268 e. The molecule has 2 aromatic heterocycles. The SMILES string of the molecule is Cc1csc(CNC(=O)c2cc(Br)cn2C)n1. The molecule has 0 aliphatic heterocycles. The second-order valence-electron chi connectivity index (χ2n) is 3.72. The van der Waals surface area contributed by atoms with Crippen LogP contribution in [-0.2, 0) is 13.6 Å². The maximum Gasteiger partial charge on any atom is 0.268 e. The molecule has 0 fully saturated rings. The van der Waals surface area contributed by atoms with Gasteiger partial charge in [0.25, 0.3) is 5.91 Å². The molecule has 1 amide bonds. The van der Waals surface area contributed by atoms with Gasteiger partial charge in [-0.3, -0.25) is 4.79 Å². The van der Waals surface area contributed by atoms with Crippen LogP contribution in [0.5, 0.6) is 0 Å². The number of nitrogens with zero attached hydrogens (tertiary/aromatic N) is 2. The maximum atomic E-state index is 11.9. The van der Waals surface area contributed by atoms with E-state index in [1.807, 2.05) is 25.5 Å². The van der Waals surface area contributed by atoms with Gasteiger partial charge in [-0.2, -0.15) is 0 Å². The topological polar surface area (TPSA) is 46.9 Å². The summed E-state index contributed by atoms with van der Waals surface area (Å²) in [6, 6.07) is 1.79. The quantitative estimate of drug-likeness (QED) is 0.946. The first-order valence-electron chi connectivity index (χ1n) is 5.07. The van der Waals surface area contributed by atoms with E-state index in [9.17, 15) is 4.79 Å². The summed E-state index contributed by atoms with van der Waals surface area (Å²) in [6.45, 7) is 2.41. The molecule has 0 aliphatic carbocycles. The van der Waals surface area contributed by atoms with Crippen LogP contribution in [0.1, 0.15) is 21.2 Å². The number of amides is 1. The van der Waals surface area contributed by atoms with Crippen molar-refractivity contribution in [2.24, 2.45) is 7.05 Å². The summed E-state index contributed by atoms with van der Waals surface area (Å²) >= 11 is 4.89. The Labute approximate surface area is 112 Å². The lowest BCUT2D eigenvalue weighted by Crippen LogP contribution is -2.24. The molecular weight excluding hydrogens is 302 g/mol. The van der Waals surface area contributed by atoms with Gasteiger partial charge in [-0.25, -0.2) is 4.98 Å². The second kappa shape index (κ2) is 5.01. The van der Waals surface area contributed by atoms with E-state index < -0.39 is 0 Å². The number of carbonyl (C=O) groups is 1. The Morgan fingerprint density at radius 3 is 2.94 bits per heavy atom. The zero-order chi connectivity index (χ0) is 12.4. The van der Waals surface area contributed by atoms with Gasteiger partial charge in [0, 0.05) is 28.8 Å². The summed E-state index contributed by atoms with van der Waals surface area (Å²) in [5.41, 5.74) is 1.62.